The van der Waals surface area contributed by atoms with Crippen LogP contribution in [0.4, 0.5) is 18.3 Å². The fourth-order valence-electron chi connectivity index (χ4n) is 1.22. The molecule has 1 rings (SSSR count). The molecule has 1 aromatic rings. The molecular formula is C11H15F3N2O2S. The van der Waals surface area contributed by atoms with Crippen LogP contribution in [0.5, 0.6) is 0 Å². The highest BCUT2D eigenvalue weighted by Gasteiger charge is 2.40. The van der Waals surface area contributed by atoms with E-state index in [1.807, 2.05) is 13.8 Å². The summed E-state index contributed by atoms with van der Waals surface area (Å²) in [6, 6.07) is -0.0257. The van der Waals surface area contributed by atoms with Gasteiger partial charge in [-0.3, -0.25) is 0 Å². The number of halogens is 3. The number of carbonyl (C=O) groups excluding carboxylic acids is 1. The molecule has 0 saturated heterocycles. The zero-order valence-electron chi connectivity index (χ0n) is 10.8. The van der Waals surface area contributed by atoms with Crippen LogP contribution in [0.3, 0.4) is 0 Å². The lowest BCUT2D eigenvalue weighted by molar-refractivity contribution is -0.141. The number of carbonyl (C=O) groups is 1. The molecular weight excluding hydrogens is 281 g/mol. The second kappa shape index (κ2) is 6.23. The van der Waals surface area contributed by atoms with Gasteiger partial charge in [0.05, 0.1) is 6.61 Å². The molecule has 0 aromatic carbocycles. The maximum absolute atomic E-state index is 12.8. The van der Waals surface area contributed by atoms with E-state index < -0.39 is 22.7 Å². The van der Waals surface area contributed by atoms with Crippen LogP contribution in [0.25, 0.3) is 0 Å². The molecule has 0 aliphatic carbocycles. The molecule has 19 heavy (non-hydrogen) atoms. The Balaban J connectivity index is 3.09. The molecule has 0 unspecified atom stereocenters. The lowest BCUT2D eigenvalue weighted by atomic mass is 10.3. The molecule has 0 fully saturated rings. The van der Waals surface area contributed by atoms with Crippen molar-refractivity contribution in [3.63, 3.8) is 0 Å². The number of aromatic nitrogens is 1. The summed E-state index contributed by atoms with van der Waals surface area (Å²) in [5, 5.41) is 2.89. The Morgan fingerprint density at radius 2 is 2.11 bits per heavy atom. The summed E-state index contributed by atoms with van der Waals surface area (Å²) in [6.45, 7) is 5.26. The second-order valence-corrected chi connectivity index (χ2v) is 4.87. The Bertz CT molecular complexity index is 446. The van der Waals surface area contributed by atoms with Crippen LogP contribution in [0.1, 0.15) is 42.6 Å². The Kier molecular flexibility index (Phi) is 5.16. The average molecular weight is 296 g/mol. The van der Waals surface area contributed by atoms with Crippen LogP contribution in [0, 0.1) is 0 Å². The van der Waals surface area contributed by atoms with Gasteiger partial charge in [0.1, 0.15) is 4.88 Å². The molecule has 1 N–H and O–H groups in total. The third kappa shape index (κ3) is 4.09. The van der Waals surface area contributed by atoms with Crippen LogP contribution >= 0.6 is 11.3 Å². The number of hydrogen-bond acceptors (Lipinski definition) is 5. The molecule has 4 nitrogen and oxygen atoms in total. The van der Waals surface area contributed by atoms with Crippen molar-refractivity contribution in [3.05, 3.63) is 10.6 Å². The van der Waals surface area contributed by atoms with Gasteiger partial charge in [-0.05, 0) is 20.3 Å². The summed E-state index contributed by atoms with van der Waals surface area (Å²) in [5.41, 5.74) is -1.19. The first-order valence-electron chi connectivity index (χ1n) is 5.81. The molecule has 0 radical (unpaired) electrons. The molecule has 1 aromatic heterocycles. The molecule has 108 valence electrons. The predicted octanol–water partition coefficient (Wildman–Crippen LogP) is 3.55. The Morgan fingerprint density at radius 1 is 1.47 bits per heavy atom. The van der Waals surface area contributed by atoms with E-state index in [4.69, 9.17) is 0 Å². The highest BCUT2D eigenvalue weighted by atomic mass is 32.1. The summed E-state index contributed by atoms with van der Waals surface area (Å²) in [6.07, 6.45) is -3.94. The van der Waals surface area contributed by atoms with Crippen molar-refractivity contribution in [2.45, 2.75) is 39.4 Å². The van der Waals surface area contributed by atoms with E-state index in [-0.39, 0.29) is 17.8 Å². The number of ether oxygens (including phenoxy) is 1. The zero-order chi connectivity index (χ0) is 14.6. The quantitative estimate of drug-likeness (QED) is 0.844. The third-order valence-corrected chi connectivity index (χ3v) is 3.31. The first-order chi connectivity index (χ1) is 8.79. The van der Waals surface area contributed by atoms with Crippen molar-refractivity contribution in [3.8, 4) is 0 Å². The number of anilines is 1. The molecule has 1 heterocycles. The summed E-state index contributed by atoms with van der Waals surface area (Å²) in [4.78, 5) is 14.4. The van der Waals surface area contributed by atoms with E-state index in [9.17, 15) is 18.0 Å². The van der Waals surface area contributed by atoms with Crippen molar-refractivity contribution in [1.82, 2.24) is 4.98 Å². The summed E-state index contributed by atoms with van der Waals surface area (Å²) in [5.74, 6) is -0.996. The number of esters is 1. The number of hydrogen-bond donors (Lipinski definition) is 1. The van der Waals surface area contributed by atoms with Gasteiger partial charge in [0.2, 0.25) is 0 Å². The Labute approximate surface area is 113 Å². The van der Waals surface area contributed by atoms with E-state index in [2.05, 4.69) is 15.0 Å². The van der Waals surface area contributed by atoms with E-state index >= 15 is 0 Å². The summed E-state index contributed by atoms with van der Waals surface area (Å²) >= 11 is 0.661. The number of nitrogens with zero attached hydrogens (tertiary/aromatic N) is 1. The van der Waals surface area contributed by atoms with Crippen LogP contribution < -0.4 is 5.32 Å². The van der Waals surface area contributed by atoms with Crippen molar-refractivity contribution >= 4 is 22.4 Å². The Hall–Kier alpha value is -1.31. The molecule has 1 atom stereocenters. The van der Waals surface area contributed by atoms with E-state index in [1.54, 1.807) is 0 Å². The predicted molar refractivity (Wildman–Crippen MR) is 66.4 cm³/mol. The standard InChI is InChI=1S/C11H15F3N2O2S/c1-4-6(3)15-10-16-8(11(12,13)14)7(19-10)9(17)18-5-2/h6H,4-5H2,1-3H3,(H,15,16)/t6-/m1/s1. The number of rotatable bonds is 5. The monoisotopic (exact) mass is 296 g/mol. The minimum atomic E-state index is -4.67. The molecule has 0 saturated carbocycles. The van der Waals surface area contributed by atoms with Gasteiger partial charge in [0.15, 0.2) is 10.8 Å². The first kappa shape index (κ1) is 15.7. The van der Waals surface area contributed by atoms with Gasteiger partial charge < -0.3 is 10.1 Å². The highest BCUT2D eigenvalue weighted by molar-refractivity contribution is 7.17. The van der Waals surface area contributed by atoms with Gasteiger partial charge in [0.25, 0.3) is 0 Å². The first-order valence-corrected chi connectivity index (χ1v) is 6.62. The highest BCUT2D eigenvalue weighted by Crippen LogP contribution is 2.36. The van der Waals surface area contributed by atoms with Gasteiger partial charge in [-0.25, -0.2) is 9.78 Å². The summed E-state index contributed by atoms with van der Waals surface area (Å²) in [7, 11) is 0. The van der Waals surface area contributed by atoms with Crippen molar-refractivity contribution < 1.29 is 22.7 Å². The lowest BCUT2D eigenvalue weighted by Gasteiger charge is -2.08. The number of alkyl halides is 3. The maximum Gasteiger partial charge on any atom is 0.435 e. The third-order valence-electron chi connectivity index (χ3n) is 2.34. The van der Waals surface area contributed by atoms with Crippen LogP contribution in [-0.4, -0.2) is 23.6 Å². The number of thiazole rings is 1. The normalized spacial score (nSPS) is 13.2. The summed E-state index contributed by atoms with van der Waals surface area (Å²) < 4.78 is 43.0. The van der Waals surface area contributed by atoms with Gasteiger partial charge in [-0.2, -0.15) is 13.2 Å². The van der Waals surface area contributed by atoms with Crippen molar-refractivity contribution in [1.29, 1.82) is 0 Å². The minimum Gasteiger partial charge on any atom is -0.462 e. The topological polar surface area (TPSA) is 51.2 Å². The average Bonchev–Trinajstić information content (AvgIpc) is 2.73. The van der Waals surface area contributed by atoms with Gasteiger partial charge >= 0.3 is 12.1 Å². The molecule has 0 bridgehead atoms. The van der Waals surface area contributed by atoms with Crippen molar-refractivity contribution in [2.24, 2.45) is 0 Å². The molecule has 0 aliphatic heterocycles. The van der Waals surface area contributed by atoms with E-state index in [0.29, 0.717) is 11.3 Å². The van der Waals surface area contributed by atoms with E-state index in [0.717, 1.165) is 6.42 Å². The lowest BCUT2D eigenvalue weighted by Crippen LogP contribution is -2.15. The molecule has 0 amide bonds. The van der Waals surface area contributed by atoms with E-state index in [1.165, 1.54) is 6.92 Å². The largest absolute Gasteiger partial charge is 0.462 e. The van der Waals surface area contributed by atoms with Crippen LogP contribution in [0.2, 0.25) is 0 Å². The fourth-order valence-corrected chi connectivity index (χ4v) is 2.21. The Morgan fingerprint density at radius 3 is 2.58 bits per heavy atom. The van der Waals surface area contributed by atoms with Gasteiger partial charge in [-0.1, -0.05) is 18.3 Å². The molecule has 0 aliphatic rings. The molecule has 8 heteroatoms. The number of nitrogens with one attached hydrogen (secondary N) is 1. The van der Waals surface area contributed by atoms with Crippen LogP contribution in [-0.2, 0) is 10.9 Å². The fraction of sp³-hybridized carbons (Fsp3) is 0.636. The SMILES string of the molecule is CCOC(=O)c1sc(N[C@H](C)CC)nc1C(F)(F)F. The van der Waals surface area contributed by atoms with Crippen molar-refractivity contribution in [2.75, 3.05) is 11.9 Å². The van der Waals surface area contributed by atoms with Gasteiger partial charge in [0, 0.05) is 6.04 Å². The second-order valence-electron chi connectivity index (χ2n) is 3.87. The smallest absolute Gasteiger partial charge is 0.435 e. The van der Waals surface area contributed by atoms with Crippen LogP contribution in [0.15, 0.2) is 0 Å². The maximum atomic E-state index is 12.8. The van der Waals surface area contributed by atoms with Gasteiger partial charge in [-0.15, -0.1) is 0 Å². The molecule has 0 spiro atoms. The zero-order valence-corrected chi connectivity index (χ0v) is 11.6. The minimum absolute atomic E-state index is 0.0160.